The van der Waals surface area contributed by atoms with E-state index in [0.29, 0.717) is 35.4 Å². The third-order valence-corrected chi connectivity index (χ3v) is 7.00. The number of morpholine rings is 1. The molecule has 0 spiro atoms. The van der Waals surface area contributed by atoms with Gasteiger partial charge in [-0.15, -0.1) is 5.10 Å². The first-order valence-electron chi connectivity index (χ1n) is 11.9. The molecule has 192 valence electrons. The molecule has 3 aromatic rings. The number of ether oxygens (including phenoxy) is 1. The molecule has 0 amide bonds. The Kier molecular flexibility index (Phi) is 6.16. The first-order chi connectivity index (χ1) is 17.1. The summed E-state index contributed by atoms with van der Waals surface area (Å²) in [6, 6.07) is 4.69. The number of hydrogen-bond donors (Lipinski definition) is 3. The molecule has 4 heterocycles. The molecule has 2 bridgehead atoms. The fourth-order valence-corrected chi connectivity index (χ4v) is 4.98. The van der Waals surface area contributed by atoms with Gasteiger partial charge < -0.3 is 25.2 Å². The van der Waals surface area contributed by atoms with Gasteiger partial charge in [-0.3, -0.25) is 0 Å². The van der Waals surface area contributed by atoms with Crippen molar-refractivity contribution in [3.63, 3.8) is 0 Å². The molecule has 5 rings (SSSR count). The van der Waals surface area contributed by atoms with Gasteiger partial charge in [0.1, 0.15) is 23.1 Å². The number of rotatable bonds is 6. The summed E-state index contributed by atoms with van der Waals surface area (Å²) in [6.45, 7) is 5.50. The van der Waals surface area contributed by atoms with E-state index in [2.05, 4.69) is 20.5 Å². The van der Waals surface area contributed by atoms with E-state index in [1.54, 1.807) is 19.9 Å². The van der Waals surface area contributed by atoms with Crippen molar-refractivity contribution in [1.82, 2.24) is 15.2 Å². The van der Waals surface area contributed by atoms with Crippen LogP contribution in [-0.4, -0.2) is 56.8 Å². The zero-order valence-corrected chi connectivity index (χ0v) is 20.2. The molecule has 2 aromatic heterocycles. The van der Waals surface area contributed by atoms with Crippen LogP contribution in [0.2, 0.25) is 0 Å². The largest absolute Gasteiger partial charge is 0.492 e. The first kappa shape index (κ1) is 24.5. The lowest BCUT2D eigenvalue weighted by Gasteiger charge is -2.34. The molecule has 8 nitrogen and oxygen atoms in total. The fourth-order valence-electron chi connectivity index (χ4n) is 4.98. The third kappa shape index (κ3) is 4.20. The van der Waals surface area contributed by atoms with Gasteiger partial charge in [-0.2, -0.15) is 13.9 Å². The van der Waals surface area contributed by atoms with E-state index in [-0.39, 0.29) is 29.5 Å². The average molecular weight is 504 g/mol. The van der Waals surface area contributed by atoms with Crippen molar-refractivity contribution in [2.45, 2.75) is 63.9 Å². The van der Waals surface area contributed by atoms with Gasteiger partial charge >= 0.3 is 5.92 Å². The van der Waals surface area contributed by atoms with Crippen LogP contribution in [0.25, 0.3) is 10.9 Å². The van der Waals surface area contributed by atoms with E-state index >= 15 is 4.39 Å². The summed E-state index contributed by atoms with van der Waals surface area (Å²) in [5, 5.41) is 32.1. The minimum atomic E-state index is -3.75. The van der Waals surface area contributed by atoms with Gasteiger partial charge in [0.15, 0.2) is 5.82 Å². The summed E-state index contributed by atoms with van der Waals surface area (Å²) >= 11 is 0. The topological polar surface area (TPSA) is 104 Å². The minimum absolute atomic E-state index is 0.0138. The lowest BCUT2D eigenvalue weighted by molar-refractivity contribution is -0.108. The van der Waals surface area contributed by atoms with E-state index < -0.39 is 29.4 Å². The van der Waals surface area contributed by atoms with Gasteiger partial charge in [-0.05, 0) is 45.7 Å². The number of pyridine rings is 1. The highest BCUT2D eigenvalue weighted by Crippen LogP contribution is 2.39. The quantitative estimate of drug-likeness (QED) is 0.460. The van der Waals surface area contributed by atoms with Crippen LogP contribution in [0.3, 0.4) is 0 Å². The number of aliphatic hydroxyl groups excluding tert-OH is 1. The number of benzene rings is 1. The van der Waals surface area contributed by atoms with Crippen LogP contribution in [0, 0.1) is 12.7 Å². The molecule has 2 aliphatic rings. The van der Waals surface area contributed by atoms with E-state index in [1.807, 2.05) is 4.90 Å². The maximum Gasteiger partial charge on any atom is 0.301 e. The molecule has 1 aromatic carbocycles. The highest BCUT2D eigenvalue weighted by atomic mass is 19.3. The minimum Gasteiger partial charge on any atom is -0.492 e. The van der Waals surface area contributed by atoms with E-state index in [0.717, 1.165) is 25.8 Å². The van der Waals surface area contributed by atoms with Crippen LogP contribution in [0.5, 0.6) is 5.88 Å². The molecule has 3 N–H and O–H groups in total. The standard InChI is InChI=1S/C25H28F3N5O3/c1-12(17-5-4-6-19(21(17)26)25(27,28)14(3)34)29-23-18-9-20(24(35)30-22(18)13(2)31-32-23)33-10-15-7-8-16(11-33)36-15/h4-6,9,12,14-16,34H,7-8,10-11H2,1-3H3,(H,29,32)(H,30,35)/t12-,14?,15?,16?/m1/s1. The number of anilines is 2. The molecule has 11 heteroatoms. The monoisotopic (exact) mass is 503 g/mol. The van der Waals surface area contributed by atoms with Crippen LogP contribution in [0.15, 0.2) is 24.3 Å². The SMILES string of the molecule is Cc1nnc(N[C@H](C)c2cccc(C(F)(F)C(C)O)c2F)c2cc(N3CC4CCC(C3)O4)c(O)nc12. The summed E-state index contributed by atoms with van der Waals surface area (Å²) < 4.78 is 49.9. The Labute approximate surface area is 206 Å². The molecule has 36 heavy (non-hydrogen) atoms. The van der Waals surface area contributed by atoms with Crippen molar-refractivity contribution >= 4 is 22.4 Å². The number of halogens is 3. The predicted molar refractivity (Wildman–Crippen MR) is 128 cm³/mol. The lowest BCUT2D eigenvalue weighted by Crippen LogP contribution is -2.42. The number of nitrogens with zero attached hydrogens (tertiary/aromatic N) is 4. The summed E-state index contributed by atoms with van der Waals surface area (Å²) in [5.74, 6) is -4.70. The summed E-state index contributed by atoms with van der Waals surface area (Å²) in [5.41, 5.74) is 0.568. The Bertz CT molecular complexity index is 1290. The number of hydrogen-bond acceptors (Lipinski definition) is 8. The van der Waals surface area contributed by atoms with Crippen LogP contribution in [0.1, 0.15) is 49.6 Å². The van der Waals surface area contributed by atoms with Gasteiger partial charge in [-0.25, -0.2) is 9.37 Å². The predicted octanol–water partition coefficient (Wildman–Crippen LogP) is 4.19. The summed E-state index contributed by atoms with van der Waals surface area (Å²) in [7, 11) is 0. The molecule has 0 radical (unpaired) electrons. The molecule has 0 saturated carbocycles. The van der Waals surface area contributed by atoms with Crippen LogP contribution in [-0.2, 0) is 10.7 Å². The van der Waals surface area contributed by atoms with Crippen molar-refractivity contribution < 1.29 is 28.1 Å². The van der Waals surface area contributed by atoms with Crippen LogP contribution < -0.4 is 10.2 Å². The third-order valence-electron chi connectivity index (χ3n) is 7.00. The first-order valence-corrected chi connectivity index (χ1v) is 11.9. The number of aryl methyl sites for hydroxylation is 1. The Balaban J connectivity index is 1.51. The molecule has 0 aliphatic carbocycles. The van der Waals surface area contributed by atoms with Crippen LogP contribution >= 0.6 is 0 Å². The molecule has 2 saturated heterocycles. The van der Waals surface area contributed by atoms with E-state index in [1.165, 1.54) is 12.1 Å². The fraction of sp³-hybridized carbons (Fsp3) is 0.480. The second-order valence-corrected chi connectivity index (χ2v) is 9.60. The Morgan fingerprint density at radius 3 is 2.53 bits per heavy atom. The van der Waals surface area contributed by atoms with Crippen molar-refractivity contribution in [1.29, 1.82) is 0 Å². The number of fused-ring (bicyclic) bond motifs is 3. The molecular formula is C25H28F3N5O3. The highest BCUT2D eigenvalue weighted by Gasteiger charge is 2.41. The normalized spacial score (nSPS) is 21.6. The van der Waals surface area contributed by atoms with Gasteiger partial charge in [0, 0.05) is 24.0 Å². The van der Waals surface area contributed by atoms with Gasteiger partial charge in [-0.1, -0.05) is 12.1 Å². The second-order valence-electron chi connectivity index (χ2n) is 9.60. The lowest BCUT2D eigenvalue weighted by atomic mass is 9.97. The maximum absolute atomic E-state index is 15.2. The highest BCUT2D eigenvalue weighted by molar-refractivity contribution is 5.93. The molecular weight excluding hydrogens is 475 g/mol. The van der Waals surface area contributed by atoms with E-state index in [4.69, 9.17) is 4.74 Å². The van der Waals surface area contributed by atoms with E-state index in [9.17, 15) is 19.0 Å². The molecule has 2 fully saturated rings. The Hall–Kier alpha value is -3.18. The summed E-state index contributed by atoms with van der Waals surface area (Å²) in [4.78, 5) is 6.41. The number of nitrogens with one attached hydrogen (secondary N) is 1. The second kappa shape index (κ2) is 9.04. The number of aliphatic hydroxyl groups is 1. The Morgan fingerprint density at radius 1 is 1.17 bits per heavy atom. The van der Waals surface area contributed by atoms with Gasteiger partial charge in [0.2, 0.25) is 5.88 Å². The maximum atomic E-state index is 15.2. The molecule has 2 aliphatic heterocycles. The number of aromatic nitrogens is 3. The molecule has 3 unspecified atom stereocenters. The number of aromatic hydroxyl groups is 1. The van der Waals surface area contributed by atoms with Crippen molar-refractivity contribution in [3.8, 4) is 5.88 Å². The number of alkyl halides is 2. The average Bonchev–Trinajstić information content (AvgIpc) is 3.17. The van der Waals surface area contributed by atoms with Crippen LogP contribution in [0.4, 0.5) is 24.7 Å². The smallest absolute Gasteiger partial charge is 0.301 e. The van der Waals surface area contributed by atoms with Gasteiger partial charge in [0.05, 0.1) is 29.5 Å². The Morgan fingerprint density at radius 2 is 1.86 bits per heavy atom. The summed E-state index contributed by atoms with van der Waals surface area (Å²) in [6.07, 6.45) is 0.0882. The zero-order valence-electron chi connectivity index (χ0n) is 20.2. The van der Waals surface area contributed by atoms with Crippen molar-refractivity contribution in [2.24, 2.45) is 0 Å². The van der Waals surface area contributed by atoms with Crippen molar-refractivity contribution in [3.05, 3.63) is 46.9 Å². The molecule has 4 atom stereocenters. The van der Waals surface area contributed by atoms with Gasteiger partial charge in [0.25, 0.3) is 0 Å². The zero-order chi connectivity index (χ0) is 25.8. The van der Waals surface area contributed by atoms with Crippen molar-refractivity contribution in [2.75, 3.05) is 23.3 Å².